The summed E-state index contributed by atoms with van der Waals surface area (Å²) in [6, 6.07) is 7.33. The van der Waals surface area contributed by atoms with E-state index in [9.17, 15) is 4.79 Å². The van der Waals surface area contributed by atoms with Gasteiger partial charge in [0.15, 0.2) is 0 Å². The summed E-state index contributed by atoms with van der Waals surface area (Å²) >= 11 is 0. The van der Waals surface area contributed by atoms with Crippen LogP contribution in [0.15, 0.2) is 18.2 Å². The van der Waals surface area contributed by atoms with E-state index in [1.165, 1.54) is 55.2 Å². The van der Waals surface area contributed by atoms with Crippen molar-refractivity contribution >= 4 is 5.91 Å². The molecule has 2 aliphatic heterocycles. The van der Waals surface area contributed by atoms with Crippen LogP contribution in [0.4, 0.5) is 0 Å². The number of morpholine rings is 1. The van der Waals surface area contributed by atoms with Gasteiger partial charge in [0.2, 0.25) is 5.91 Å². The highest BCUT2D eigenvalue weighted by atomic mass is 16.5. The van der Waals surface area contributed by atoms with Gasteiger partial charge in [-0.1, -0.05) is 18.2 Å². The fourth-order valence-electron chi connectivity index (χ4n) is 5.62. The van der Waals surface area contributed by atoms with Gasteiger partial charge in [-0.3, -0.25) is 14.6 Å². The van der Waals surface area contributed by atoms with Crippen molar-refractivity contribution in [1.82, 2.24) is 15.1 Å². The van der Waals surface area contributed by atoms with Crippen LogP contribution in [-0.2, 0) is 22.4 Å². The summed E-state index contributed by atoms with van der Waals surface area (Å²) < 4.78 is 5.87. The highest BCUT2D eigenvalue weighted by Crippen LogP contribution is 2.25. The number of carbonyl (C=O) groups is 1. The molecule has 0 bridgehead atoms. The maximum Gasteiger partial charge on any atom is 0.234 e. The first-order valence-corrected chi connectivity index (χ1v) is 12.0. The maximum absolute atomic E-state index is 12.8. The van der Waals surface area contributed by atoms with Crippen molar-refractivity contribution in [3.8, 4) is 0 Å². The minimum absolute atomic E-state index is 0.0618. The first-order chi connectivity index (χ1) is 14.5. The Labute approximate surface area is 182 Å². The van der Waals surface area contributed by atoms with Gasteiger partial charge >= 0.3 is 0 Å². The molecule has 1 N–H and O–H groups in total. The number of hydrogen-bond donors (Lipinski definition) is 1. The molecule has 0 aromatic heterocycles. The number of hydrogen-bond acceptors (Lipinski definition) is 4. The minimum atomic E-state index is 0.0618. The Balaban J connectivity index is 1.29. The number of nitrogens with one attached hydrogen (secondary N) is 1. The smallest absolute Gasteiger partial charge is 0.234 e. The van der Waals surface area contributed by atoms with E-state index < -0.39 is 0 Å². The Bertz CT molecular complexity index is 727. The number of ether oxygens (including phenoxy) is 1. The van der Waals surface area contributed by atoms with Gasteiger partial charge in [0.25, 0.3) is 0 Å². The molecule has 5 heteroatoms. The van der Waals surface area contributed by atoms with Crippen molar-refractivity contribution in [3.63, 3.8) is 0 Å². The quantitative estimate of drug-likeness (QED) is 0.777. The molecule has 2 fully saturated rings. The van der Waals surface area contributed by atoms with E-state index in [1.54, 1.807) is 0 Å². The molecule has 30 heavy (non-hydrogen) atoms. The largest absolute Gasteiger partial charge is 0.373 e. The molecule has 4 rings (SSSR count). The average molecular weight is 414 g/mol. The van der Waals surface area contributed by atoms with Crippen molar-refractivity contribution < 1.29 is 9.53 Å². The first-order valence-electron chi connectivity index (χ1n) is 12.0. The normalized spacial score (nSPS) is 28.8. The van der Waals surface area contributed by atoms with Crippen LogP contribution in [0.25, 0.3) is 0 Å². The molecule has 2 saturated heterocycles. The van der Waals surface area contributed by atoms with E-state index >= 15 is 0 Å². The molecule has 4 atom stereocenters. The topological polar surface area (TPSA) is 44.8 Å². The Hall–Kier alpha value is -1.43. The van der Waals surface area contributed by atoms with Crippen LogP contribution in [0.3, 0.4) is 0 Å². The molecule has 1 aliphatic carbocycles. The highest BCUT2D eigenvalue weighted by Gasteiger charge is 2.31. The Morgan fingerprint density at radius 1 is 1.13 bits per heavy atom. The van der Waals surface area contributed by atoms with Crippen molar-refractivity contribution in [1.29, 1.82) is 0 Å². The summed E-state index contributed by atoms with van der Waals surface area (Å²) in [6.07, 6.45) is 7.94. The molecule has 0 radical (unpaired) electrons. The number of benzene rings is 1. The standard InChI is InChI=1S/C25H39N3O2/c1-18-14-27(15-19(2)30-18)16-24-9-6-12-28(24)17-25(29)26-20(3)22-11-10-21-7-4-5-8-23(21)13-22/h10-11,13,18-20,24H,4-9,12,14-17H2,1-3H3,(H,26,29). The van der Waals surface area contributed by atoms with Gasteiger partial charge in [-0.05, 0) is 82.5 Å². The molecule has 1 aromatic rings. The van der Waals surface area contributed by atoms with Gasteiger partial charge in [-0.25, -0.2) is 0 Å². The summed E-state index contributed by atoms with van der Waals surface area (Å²) in [4.78, 5) is 17.7. The summed E-state index contributed by atoms with van der Waals surface area (Å²) in [5.74, 6) is 0.149. The van der Waals surface area contributed by atoms with Crippen LogP contribution in [0.1, 0.15) is 69.2 Å². The lowest BCUT2D eigenvalue weighted by Crippen LogP contribution is -2.51. The molecule has 1 amide bonds. The van der Waals surface area contributed by atoms with Gasteiger partial charge in [0.05, 0.1) is 24.8 Å². The maximum atomic E-state index is 12.8. The van der Waals surface area contributed by atoms with E-state index in [0.717, 1.165) is 26.2 Å². The third kappa shape index (κ3) is 5.43. The van der Waals surface area contributed by atoms with Crippen LogP contribution in [-0.4, -0.2) is 66.7 Å². The lowest BCUT2D eigenvalue weighted by Gasteiger charge is -2.38. The number of rotatable bonds is 6. The summed E-state index contributed by atoms with van der Waals surface area (Å²) in [6.45, 7) is 11.0. The predicted octanol–water partition coefficient (Wildman–Crippen LogP) is 3.32. The van der Waals surface area contributed by atoms with E-state index in [1.807, 2.05) is 0 Å². The fraction of sp³-hybridized carbons (Fsp3) is 0.720. The van der Waals surface area contributed by atoms with Gasteiger partial charge in [0, 0.05) is 25.7 Å². The fourth-order valence-corrected chi connectivity index (χ4v) is 5.62. The van der Waals surface area contributed by atoms with E-state index in [2.05, 4.69) is 54.1 Å². The molecular formula is C25H39N3O2. The molecule has 0 saturated carbocycles. The second kappa shape index (κ2) is 9.80. The molecule has 3 aliphatic rings. The second-order valence-electron chi connectivity index (χ2n) is 9.77. The Morgan fingerprint density at radius 3 is 2.63 bits per heavy atom. The number of nitrogens with zero attached hydrogens (tertiary/aromatic N) is 2. The monoisotopic (exact) mass is 413 g/mol. The number of likely N-dealkylation sites (tertiary alicyclic amines) is 1. The van der Waals surface area contributed by atoms with Crippen molar-refractivity contribution in [2.24, 2.45) is 0 Å². The van der Waals surface area contributed by atoms with Crippen LogP contribution < -0.4 is 5.32 Å². The Morgan fingerprint density at radius 2 is 1.87 bits per heavy atom. The van der Waals surface area contributed by atoms with Gasteiger partial charge in [0.1, 0.15) is 0 Å². The third-order valence-corrected chi connectivity index (χ3v) is 7.06. The molecule has 4 unspecified atom stereocenters. The van der Waals surface area contributed by atoms with E-state index in [-0.39, 0.29) is 11.9 Å². The SMILES string of the molecule is CC1CN(CC2CCCN2CC(=O)NC(C)c2ccc3c(c2)CCCC3)CC(C)O1. The molecule has 166 valence electrons. The Kier molecular flexibility index (Phi) is 7.12. The van der Waals surface area contributed by atoms with E-state index in [0.29, 0.717) is 24.8 Å². The lowest BCUT2D eigenvalue weighted by atomic mass is 9.89. The first kappa shape index (κ1) is 21.8. The van der Waals surface area contributed by atoms with Crippen LogP contribution >= 0.6 is 0 Å². The molecule has 5 nitrogen and oxygen atoms in total. The van der Waals surface area contributed by atoms with E-state index in [4.69, 9.17) is 4.74 Å². The van der Waals surface area contributed by atoms with Crippen molar-refractivity contribution in [3.05, 3.63) is 34.9 Å². The van der Waals surface area contributed by atoms with Crippen LogP contribution in [0.5, 0.6) is 0 Å². The summed E-state index contributed by atoms with van der Waals surface area (Å²) in [5, 5.41) is 3.25. The highest BCUT2D eigenvalue weighted by molar-refractivity contribution is 5.78. The number of aryl methyl sites for hydroxylation is 2. The zero-order valence-electron chi connectivity index (χ0n) is 19.0. The van der Waals surface area contributed by atoms with Crippen LogP contribution in [0, 0.1) is 0 Å². The second-order valence-corrected chi connectivity index (χ2v) is 9.77. The number of fused-ring (bicyclic) bond motifs is 1. The van der Waals surface area contributed by atoms with Crippen LogP contribution in [0.2, 0.25) is 0 Å². The van der Waals surface area contributed by atoms with Gasteiger partial charge in [-0.15, -0.1) is 0 Å². The predicted molar refractivity (Wildman–Crippen MR) is 121 cm³/mol. The molecular weight excluding hydrogens is 374 g/mol. The summed E-state index contributed by atoms with van der Waals surface area (Å²) in [5.41, 5.74) is 4.21. The molecule has 1 aromatic carbocycles. The van der Waals surface area contributed by atoms with Crippen molar-refractivity contribution in [2.75, 3.05) is 32.7 Å². The van der Waals surface area contributed by atoms with Crippen molar-refractivity contribution in [2.45, 2.75) is 83.6 Å². The zero-order valence-corrected chi connectivity index (χ0v) is 19.0. The molecule has 2 heterocycles. The summed E-state index contributed by atoms with van der Waals surface area (Å²) in [7, 11) is 0. The zero-order chi connectivity index (χ0) is 21.1. The third-order valence-electron chi connectivity index (χ3n) is 7.06. The molecule has 0 spiro atoms. The minimum Gasteiger partial charge on any atom is -0.373 e. The van der Waals surface area contributed by atoms with Gasteiger partial charge in [-0.2, -0.15) is 0 Å². The number of amides is 1. The lowest BCUT2D eigenvalue weighted by molar-refractivity contribution is -0.123. The van der Waals surface area contributed by atoms with Gasteiger partial charge < -0.3 is 10.1 Å². The number of carbonyl (C=O) groups excluding carboxylic acids is 1. The average Bonchev–Trinajstić information content (AvgIpc) is 3.13.